The van der Waals surface area contributed by atoms with Gasteiger partial charge in [0.2, 0.25) is 0 Å². The number of piperidine rings is 1. The zero-order valence-electron chi connectivity index (χ0n) is 11.4. The van der Waals surface area contributed by atoms with Gasteiger partial charge in [-0.05, 0) is 32.9 Å². The number of carbonyl (C=O) groups is 1. The lowest BCUT2D eigenvalue weighted by atomic mass is 10.1. The second-order valence-electron chi connectivity index (χ2n) is 5.06. The normalized spacial score (nSPS) is 18.2. The van der Waals surface area contributed by atoms with Gasteiger partial charge >= 0.3 is 0 Å². The summed E-state index contributed by atoms with van der Waals surface area (Å²) in [5.41, 5.74) is 0.629. The van der Waals surface area contributed by atoms with Crippen molar-refractivity contribution in [3.63, 3.8) is 0 Å². The minimum Gasteiger partial charge on any atom is -0.384 e. The largest absolute Gasteiger partial charge is 0.384 e. The third kappa shape index (κ3) is 4.33. The van der Waals surface area contributed by atoms with Crippen molar-refractivity contribution in [3.05, 3.63) is 12.4 Å². The molecular weight excluding hydrogens is 244 g/mol. The number of nitrogens with one attached hydrogen (secondary N) is 1. The van der Waals surface area contributed by atoms with Crippen LogP contribution in [0.25, 0.3) is 0 Å². The van der Waals surface area contributed by atoms with Gasteiger partial charge in [0.1, 0.15) is 6.10 Å². The molecule has 1 amide bonds. The number of aliphatic hydroxyl groups excluding tert-OH is 1. The molecule has 1 atom stereocenters. The van der Waals surface area contributed by atoms with Crippen molar-refractivity contribution in [2.75, 3.05) is 25.0 Å². The maximum Gasteiger partial charge on any atom is 0.253 e. The quantitative estimate of drug-likeness (QED) is 0.822. The number of anilines is 1. The van der Waals surface area contributed by atoms with Gasteiger partial charge in [-0.25, -0.2) is 0 Å². The summed E-state index contributed by atoms with van der Waals surface area (Å²) in [5, 5.41) is 15.9. The van der Waals surface area contributed by atoms with E-state index in [4.69, 9.17) is 5.11 Å². The van der Waals surface area contributed by atoms with Crippen LogP contribution in [0, 0.1) is 0 Å². The zero-order valence-corrected chi connectivity index (χ0v) is 11.4. The molecule has 1 aliphatic rings. The first kappa shape index (κ1) is 14.0. The molecule has 0 bridgehead atoms. The third-order valence-electron chi connectivity index (χ3n) is 3.37. The molecule has 6 nitrogen and oxygen atoms in total. The number of likely N-dealkylation sites (tertiary alicyclic amines) is 1. The Morgan fingerprint density at radius 1 is 1.42 bits per heavy atom. The molecule has 6 heteroatoms. The molecule has 106 valence electrons. The molecule has 1 fully saturated rings. The SMILES string of the molecule is CC(O)C(=O)Nc1cnn(CCN2CCCCC2)c1. The maximum absolute atomic E-state index is 11.3. The zero-order chi connectivity index (χ0) is 13.7. The molecule has 1 aromatic rings. The van der Waals surface area contributed by atoms with Crippen LogP contribution < -0.4 is 5.32 Å². The van der Waals surface area contributed by atoms with Gasteiger partial charge in [0.25, 0.3) is 5.91 Å². The summed E-state index contributed by atoms with van der Waals surface area (Å²) in [5.74, 6) is -0.407. The highest BCUT2D eigenvalue weighted by Gasteiger charge is 2.11. The number of aliphatic hydroxyl groups is 1. The lowest BCUT2D eigenvalue weighted by molar-refractivity contribution is -0.123. The van der Waals surface area contributed by atoms with Crippen molar-refractivity contribution in [2.24, 2.45) is 0 Å². The van der Waals surface area contributed by atoms with E-state index >= 15 is 0 Å². The van der Waals surface area contributed by atoms with Gasteiger partial charge in [0.05, 0.1) is 18.4 Å². The summed E-state index contributed by atoms with van der Waals surface area (Å²) < 4.78 is 1.83. The average Bonchev–Trinajstić information content (AvgIpc) is 2.85. The maximum atomic E-state index is 11.3. The predicted octanol–water partition coefficient (Wildman–Crippen LogP) is 0.688. The first-order valence-electron chi connectivity index (χ1n) is 6.89. The molecule has 2 heterocycles. The van der Waals surface area contributed by atoms with Gasteiger partial charge in [-0.2, -0.15) is 5.10 Å². The molecule has 0 aliphatic carbocycles. The first-order valence-corrected chi connectivity index (χ1v) is 6.89. The van der Waals surface area contributed by atoms with Gasteiger partial charge in [0.15, 0.2) is 0 Å². The monoisotopic (exact) mass is 266 g/mol. The highest BCUT2D eigenvalue weighted by Crippen LogP contribution is 2.09. The van der Waals surface area contributed by atoms with E-state index in [0.717, 1.165) is 13.1 Å². The van der Waals surface area contributed by atoms with Crippen molar-refractivity contribution in [1.82, 2.24) is 14.7 Å². The van der Waals surface area contributed by atoms with Crippen LogP contribution in [0.4, 0.5) is 5.69 Å². The summed E-state index contributed by atoms with van der Waals surface area (Å²) in [7, 11) is 0. The number of nitrogens with zero attached hydrogens (tertiary/aromatic N) is 3. The van der Waals surface area contributed by atoms with E-state index in [1.807, 2.05) is 4.68 Å². The molecule has 1 aliphatic heterocycles. The highest BCUT2D eigenvalue weighted by atomic mass is 16.3. The second-order valence-corrected chi connectivity index (χ2v) is 5.06. The first-order chi connectivity index (χ1) is 9.15. The van der Waals surface area contributed by atoms with Crippen LogP contribution in [-0.4, -0.2) is 51.4 Å². The number of rotatable bonds is 5. The Kier molecular flexibility index (Phi) is 4.93. The fourth-order valence-corrected chi connectivity index (χ4v) is 2.22. The molecule has 1 saturated heterocycles. The highest BCUT2D eigenvalue weighted by molar-refractivity contribution is 5.93. The Balaban J connectivity index is 1.78. The second kappa shape index (κ2) is 6.68. The van der Waals surface area contributed by atoms with Crippen LogP contribution >= 0.6 is 0 Å². The molecule has 0 spiro atoms. The summed E-state index contributed by atoms with van der Waals surface area (Å²) in [6.45, 7) is 5.60. The molecule has 0 saturated carbocycles. The Hall–Kier alpha value is -1.40. The van der Waals surface area contributed by atoms with E-state index in [2.05, 4.69) is 15.3 Å². The van der Waals surface area contributed by atoms with E-state index in [1.165, 1.54) is 39.3 Å². The molecular formula is C13H22N4O2. The van der Waals surface area contributed by atoms with Crippen LogP contribution in [0.15, 0.2) is 12.4 Å². The van der Waals surface area contributed by atoms with E-state index in [0.29, 0.717) is 5.69 Å². The topological polar surface area (TPSA) is 70.4 Å². The Bertz CT molecular complexity index is 411. The van der Waals surface area contributed by atoms with Crippen LogP contribution in [0.3, 0.4) is 0 Å². The minimum atomic E-state index is -1.00. The van der Waals surface area contributed by atoms with E-state index < -0.39 is 12.0 Å². The van der Waals surface area contributed by atoms with Crippen LogP contribution in [0.5, 0.6) is 0 Å². The number of carbonyl (C=O) groups excluding carboxylic acids is 1. The number of amides is 1. The lowest BCUT2D eigenvalue weighted by Gasteiger charge is -2.26. The van der Waals surface area contributed by atoms with E-state index in [-0.39, 0.29) is 0 Å². The summed E-state index contributed by atoms with van der Waals surface area (Å²) in [6, 6.07) is 0. The van der Waals surface area contributed by atoms with Crippen molar-refractivity contribution in [3.8, 4) is 0 Å². The summed E-state index contributed by atoms with van der Waals surface area (Å²) >= 11 is 0. The number of hydrogen-bond donors (Lipinski definition) is 2. The summed E-state index contributed by atoms with van der Waals surface area (Å²) in [4.78, 5) is 13.8. The van der Waals surface area contributed by atoms with Crippen molar-refractivity contribution < 1.29 is 9.90 Å². The van der Waals surface area contributed by atoms with Crippen LogP contribution in [-0.2, 0) is 11.3 Å². The Morgan fingerprint density at radius 2 is 2.16 bits per heavy atom. The van der Waals surface area contributed by atoms with Crippen LogP contribution in [0.2, 0.25) is 0 Å². The van der Waals surface area contributed by atoms with Gasteiger partial charge in [-0.1, -0.05) is 6.42 Å². The van der Waals surface area contributed by atoms with Crippen molar-refractivity contribution >= 4 is 11.6 Å². The van der Waals surface area contributed by atoms with Crippen molar-refractivity contribution in [1.29, 1.82) is 0 Å². The molecule has 0 radical (unpaired) electrons. The third-order valence-corrected chi connectivity index (χ3v) is 3.37. The fraction of sp³-hybridized carbons (Fsp3) is 0.692. The Labute approximate surface area is 113 Å². The number of aromatic nitrogens is 2. The molecule has 0 aromatic carbocycles. The molecule has 1 unspecified atom stereocenters. The van der Waals surface area contributed by atoms with Gasteiger partial charge < -0.3 is 15.3 Å². The lowest BCUT2D eigenvalue weighted by Crippen LogP contribution is -2.32. The number of hydrogen-bond acceptors (Lipinski definition) is 4. The van der Waals surface area contributed by atoms with E-state index in [9.17, 15) is 4.79 Å². The van der Waals surface area contributed by atoms with Crippen molar-refractivity contribution in [2.45, 2.75) is 38.8 Å². The molecule has 1 aromatic heterocycles. The molecule has 2 rings (SSSR count). The predicted molar refractivity (Wildman–Crippen MR) is 72.8 cm³/mol. The molecule has 2 N–H and O–H groups in total. The standard InChI is InChI=1S/C13H22N4O2/c1-11(18)13(19)15-12-9-14-17(10-12)8-7-16-5-3-2-4-6-16/h9-11,18H,2-8H2,1H3,(H,15,19). The van der Waals surface area contributed by atoms with Gasteiger partial charge in [-0.3, -0.25) is 9.48 Å². The van der Waals surface area contributed by atoms with Crippen LogP contribution in [0.1, 0.15) is 26.2 Å². The van der Waals surface area contributed by atoms with Gasteiger partial charge in [0, 0.05) is 12.7 Å². The van der Waals surface area contributed by atoms with Gasteiger partial charge in [-0.15, -0.1) is 0 Å². The Morgan fingerprint density at radius 3 is 2.84 bits per heavy atom. The van der Waals surface area contributed by atoms with E-state index in [1.54, 1.807) is 12.4 Å². The average molecular weight is 266 g/mol. The summed E-state index contributed by atoms with van der Waals surface area (Å²) in [6.07, 6.45) is 6.31. The molecule has 19 heavy (non-hydrogen) atoms. The fourth-order valence-electron chi connectivity index (χ4n) is 2.22. The smallest absolute Gasteiger partial charge is 0.253 e. The minimum absolute atomic E-state index is 0.407.